The molecule has 0 radical (unpaired) electrons. The van der Waals surface area contributed by atoms with Crippen LogP contribution in [0.3, 0.4) is 0 Å². The van der Waals surface area contributed by atoms with Gasteiger partial charge in [0.15, 0.2) is 0 Å². The van der Waals surface area contributed by atoms with Gasteiger partial charge in [0.2, 0.25) is 15.9 Å². The number of carbonyl (C=O) groups is 1. The summed E-state index contributed by atoms with van der Waals surface area (Å²) in [5.74, 6) is -0.395. The molecule has 9 heteroatoms. The van der Waals surface area contributed by atoms with E-state index >= 15 is 0 Å². The number of hydrogen-bond donors (Lipinski definition) is 2. The molecular formula is C18H23ClN4O3S. The lowest BCUT2D eigenvalue weighted by atomic mass is 9.99. The van der Waals surface area contributed by atoms with Crippen LogP contribution in [0.1, 0.15) is 12.8 Å². The van der Waals surface area contributed by atoms with Gasteiger partial charge in [0.25, 0.3) is 0 Å². The lowest BCUT2D eigenvalue weighted by Gasteiger charge is -2.30. The van der Waals surface area contributed by atoms with Gasteiger partial charge >= 0.3 is 0 Å². The third-order valence-corrected chi connectivity index (χ3v) is 6.17. The Morgan fingerprint density at radius 3 is 2.93 bits per heavy atom. The van der Waals surface area contributed by atoms with Crippen molar-refractivity contribution in [3.63, 3.8) is 0 Å². The molecule has 2 heterocycles. The summed E-state index contributed by atoms with van der Waals surface area (Å²) in [7, 11) is -3.25. The number of pyridine rings is 1. The van der Waals surface area contributed by atoms with Crippen LogP contribution in [0.15, 0.2) is 30.5 Å². The molecule has 1 aliphatic rings. The number of amides is 1. The molecule has 0 spiro atoms. The van der Waals surface area contributed by atoms with Gasteiger partial charge in [-0.15, -0.1) is 0 Å². The average Bonchev–Trinajstić information content (AvgIpc) is 2.64. The monoisotopic (exact) mass is 410 g/mol. The van der Waals surface area contributed by atoms with Crippen molar-refractivity contribution in [2.45, 2.75) is 12.8 Å². The fourth-order valence-corrected chi connectivity index (χ4v) is 4.34. The van der Waals surface area contributed by atoms with E-state index in [1.807, 2.05) is 18.2 Å². The van der Waals surface area contributed by atoms with Crippen molar-refractivity contribution >= 4 is 44.1 Å². The molecule has 3 rings (SSSR count). The lowest BCUT2D eigenvalue weighted by Crippen LogP contribution is -2.45. The van der Waals surface area contributed by atoms with Crippen LogP contribution >= 0.6 is 11.6 Å². The van der Waals surface area contributed by atoms with Crippen molar-refractivity contribution in [3.8, 4) is 0 Å². The van der Waals surface area contributed by atoms with Crippen LogP contribution in [-0.2, 0) is 14.8 Å². The molecule has 1 aromatic heterocycles. The van der Waals surface area contributed by atoms with Gasteiger partial charge in [-0.05, 0) is 37.1 Å². The maximum absolute atomic E-state index is 12.3. The lowest BCUT2D eigenvalue weighted by molar-refractivity contribution is -0.125. The van der Waals surface area contributed by atoms with Gasteiger partial charge in [-0.3, -0.25) is 9.78 Å². The highest BCUT2D eigenvalue weighted by molar-refractivity contribution is 7.88. The van der Waals surface area contributed by atoms with E-state index in [1.165, 1.54) is 10.6 Å². The van der Waals surface area contributed by atoms with Gasteiger partial charge in [-0.2, -0.15) is 0 Å². The standard InChI is InChI=1S/C18H23ClN4O3S/c1-27(25,26)23-10-2-3-13(12-23)18(24)22-9-8-21-16-6-7-20-17-11-14(19)4-5-15(16)17/h4-7,11,13H,2-3,8-10,12H2,1H3,(H,20,21)(H,22,24)/t13-/m0/s1. The smallest absolute Gasteiger partial charge is 0.224 e. The van der Waals surface area contributed by atoms with E-state index in [-0.39, 0.29) is 18.4 Å². The molecule has 1 fully saturated rings. The van der Waals surface area contributed by atoms with Crippen LogP contribution in [0.4, 0.5) is 5.69 Å². The minimum absolute atomic E-state index is 0.100. The molecule has 7 nitrogen and oxygen atoms in total. The number of carbonyl (C=O) groups excluding carboxylic acids is 1. The first-order chi connectivity index (χ1) is 12.8. The molecule has 27 heavy (non-hydrogen) atoms. The van der Waals surface area contributed by atoms with Gasteiger partial charge in [0.1, 0.15) is 0 Å². The number of sulfonamides is 1. The normalized spacial score (nSPS) is 18.4. The summed E-state index contributed by atoms with van der Waals surface area (Å²) in [5.41, 5.74) is 1.73. The Hall–Kier alpha value is -1.90. The van der Waals surface area contributed by atoms with E-state index in [0.717, 1.165) is 16.6 Å². The molecule has 1 aromatic carbocycles. The van der Waals surface area contributed by atoms with Crippen LogP contribution in [0.2, 0.25) is 5.02 Å². The molecule has 1 atom stereocenters. The second-order valence-electron chi connectivity index (χ2n) is 6.70. The number of rotatable bonds is 6. The Morgan fingerprint density at radius 2 is 2.15 bits per heavy atom. The highest BCUT2D eigenvalue weighted by Gasteiger charge is 2.29. The predicted molar refractivity (Wildman–Crippen MR) is 107 cm³/mol. The minimum Gasteiger partial charge on any atom is -0.383 e. The molecule has 0 saturated carbocycles. The minimum atomic E-state index is -3.25. The molecule has 0 bridgehead atoms. The second kappa shape index (κ2) is 8.41. The molecular weight excluding hydrogens is 388 g/mol. The Bertz CT molecular complexity index is 935. The van der Waals surface area contributed by atoms with Crippen molar-refractivity contribution in [1.82, 2.24) is 14.6 Å². The Balaban J connectivity index is 1.51. The topological polar surface area (TPSA) is 91.4 Å². The molecule has 0 unspecified atom stereocenters. The van der Waals surface area contributed by atoms with Crippen LogP contribution in [0, 0.1) is 5.92 Å². The van der Waals surface area contributed by atoms with Gasteiger partial charge in [-0.1, -0.05) is 11.6 Å². The maximum atomic E-state index is 12.3. The number of piperidine rings is 1. The Kier molecular flexibility index (Phi) is 6.18. The van der Waals surface area contributed by atoms with E-state index in [2.05, 4.69) is 15.6 Å². The molecule has 146 valence electrons. The summed E-state index contributed by atoms with van der Waals surface area (Å²) in [6.07, 6.45) is 4.31. The van der Waals surface area contributed by atoms with Crippen LogP contribution in [0.5, 0.6) is 0 Å². The van der Waals surface area contributed by atoms with Crippen molar-refractivity contribution in [1.29, 1.82) is 0 Å². The quantitative estimate of drug-likeness (QED) is 0.711. The summed E-state index contributed by atoms with van der Waals surface area (Å²) >= 11 is 6.00. The fraction of sp³-hybridized carbons (Fsp3) is 0.444. The SMILES string of the molecule is CS(=O)(=O)N1CCC[C@H](C(=O)NCCNc2ccnc3cc(Cl)ccc23)C1. The molecule has 0 aliphatic carbocycles. The number of halogens is 1. The highest BCUT2D eigenvalue weighted by atomic mass is 35.5. The number of nitrogens with one attached hydrogen (secondary N) is 2. The summed E-state index contributed by atoms with van der Waals surface area (Å²) in [5, 5.41) is 7.78. The maximum Gasteiger partial charge on any atom is 0.224 e. The fourth-order valence-electron chi connectivity index (χ4n) is 3.26. The van der Waals surface area contributed by atoms with E-state index in [4.69, 9.17) is 11.6 Å². The zero-order valence-electron chi connectivity index (χ0n) is 15.1. The third kappa shape index (κ3) is 5.09. The first-order valence-electron chi connectivity index (χ1n) is 8.85. The first-order valence-corrected chi connectivity index (χ1v) is 11.1. The summed E-state index contributed by atoms with van der Waals surface area (Å²) < 4.78 is 24.7. The van der Waals surface area contributed by atoms with E-state index in [9.17, 15) is 13.2 Å². The molecule has 1 aliphatic heterocycles. The number of aromatic nitrogens is 1. The number of nitrogens with zero attached hydrogens (tertiary/aromatic N) is 2. The third-order valence-electron chi connectivity index (χ3n) is 4.67. The van der Waals surface area contributed by atoms with Crippen LogP contribution < -0.4 is 10.6 Å². The molecule has 1 amide bonds. The van der Waals surface area contributed by atoms with E-state index < -0.39 is 10.0 Å². The molecule has 1 saturated heterocycles. The summed E-state index contributed by atoms with van der Waals surface area (Å²) in [6.45, 7) is 1.75. The first kappa shape index (κ1) is 19.9. The second-order valence-corrected chi connectivity index (χ2v) is 9.12. The molecule has 2 N–H and O–H groups in total. The van der Waals surface area contributed by atoms with Crippen molar-refractivity contribution in [2.75, 3.05) is 37.8 Å². The van der Waals surface area contributed by atoms with Gasteiger partial charge in [-0.25, -0.2) is 12.7 Å². The predicted octanol–water partition coefficient (Wildman–Crippen LogP) is 2.09. The summed E-state index contributed by atoms with van der Waals surface area (Å²) in [6, 6.07) is 7.41. The van der Waals surface area contributed by atoms with Crippen molar-refractivity contribution < 1.29 is 13.2 Å². The van der Waals surface area contributed by atoms with E-state index in [0.29, 0.717) is 37.5 Å². The van der Waals surface area contributed by atoms with Crippen molar-refractivity contribution in [2.24, 2.45) is 5.92 Å². The summed E-state index contributed by atoms with van der Waals surface area (Å²) in [4.78, 5) is 16.6. The van der Waals surface area contributed by atoms with Crippen molar-refractivity contribution in [3.05, 3.63) is 35.5 Å². The highest BCUT2D eigenvalue weighted by Crippen LogP contribution is 2.24. The van der Waals surface area contributed by atoms with Crippen LogP contribution in [0.25, 0.3) is 10.9 Å². The zero-order valence-corrected chi connectivity index (χ0v) is 16.7. The zero-order chi connectivity index (χ0) is 19.4. The number of hydrogen-bond acceptors (Lipinski definition) is 5. The number of anilines is 1. The Labute approximate surface area is 164 Å². The Morgan fingerprint density at radius 1 is 1.33 bits per heavy atom. The van der Waals surface area contributed by atoms with Gasteiger partial charge in [0, 0.05) is 48.5 Å². The van der Waals surface area contributed by atoms with E-state index in [1.54, 1.807) is 12.3 Å². The number of fused-ring (bicyclic) bond motifs is 1. The van der Waals surface area contributed by atoms with Gasteiger partial charge in [0.05, 0.1) is 17.7 Å². The molecule has 2 aromatic rings. The van der Waals surface area contributed by atoms with Crippen LogP contribution in [-0.4, -0.2) is 56.0 Å². The average molecular weight is 411 g/mol. The largest absolute Gasteiger partial charge is 0.383 e. The van der Waals surface area contributed by atoms with Gasteiger partial charge < -0.3 is 10.6 Å². The number of benzene rings is 1.